The van der Waals surface area contributed by atoms with Crippen LogP contribution in [0.2, 0.25) is 0 Å². The van der Waals surface area contributed by atoms with Gasteiger partial charge >= 0.3 is 5.69 Å². The van der Waals surface area contributed by atoms with Crippen molar-refractivity contribution in [2.75, 3.05) is 0 Å². The average Bonchev–Trinajstić information content (AvgIpc) is 2.62. The molecule has 2 rings (SSSR count). The molecule has 0 aliphatic rings. The molecule has 0 spiro atoms. The lowest BCUT2D eigenvalue weighted by molar-refractivity contribution is -0.108. The summed E-state index contributed by atoms with van der Waals surface area (Å²) in [5, 5.41) is 0.162. The lowest BCUT2D eigenvalue weighted by atomic mass is 9.97. The van der Waals surface area contributed by atoms with Crippen molar-refractivity contribution in [2.45, 2.75) is 64.1 Å². The summed E-state index contributed by atoms with van der Waals surface area (Å²) in [5.74, 6) is 0. The number of hydrogen-bond donors (Lipinski definition) is 1. The molecule has 1 unspecified atom stereocenters. The number of benzene rings is 1. The monoisotopic (exact) mass is 395 g/mol. The van der Waals surface area contributed by atoms with Crippen LogP contribution in [0.15, 0.2) is 32.7 Å². The lowest BCUT2D eigenvalue weighted by Gasteiger charge is -2.27. The lowest BCUT2D eigenvalue weighted by Crippen LogP contribution is -2.45. The van der Waals surface area contributed by atoms with E-state index in [9.17, 15) is 22.8 Å². The van der Waals surface area contributed by atoms with Gasteiger partial charge in [-0.15, -0.1) is 0 Å². The molecular formula is C18H25N3O5S. The van der Waals surface area contributed by atoms with Crippen molar-refractivity contribution in [1.82, 2.24) is 13.9 Å². The number of aromatic nitrogens is 2. The number of rotatable bonds is 8. The van der Waals surface area contributed by atoms with Gasteiger partial charge in [0.25, 0.3) is 5.56 Å². The summed E-state index contributed by atoms with van der Waals surface area (Å²) in [7, 11) is -3.95. The first-order valence-electron chi connectivity index (χ1n) is 8.89. The van der Waals surface area contributed by atoms with E-state index in [2.05, 4.69) is 4.72 Å². The first-order chi connectivity index (χ1) is 12.6. The first kappa shape index (κ1) is 21.0. The molecule has 8 nitrogen and oxygen atoms in total. The van der Waals surface area contributed by atoms with Crippen LogP contribution in [0.1, 0.15) is 40.5 Å². The zero-order valence-electron chi connectivity index (χ0n) is 16.0. The van der Waals surface area contributed by atoms with E-state index < -0.39 is 26.8 Å². The Labute approximate surface area is 157 Å². The van der Waals surface area contributed by atoms with Gasteiger partial charge in [0.2, 0.25) is 10.0 Å². The van der Waals surface area contributed by atoms with Crippen molar-refractivity contribution in [3.8, 4) is 0 Å². The summed E-state index contributed by atoms with van der Waals surface area (Å²) in [6, 6.07) is 4.12. The molecule has 0 radical (unpaired) electrons. The molecule has 148 valence electrons. The predicted octanol–water partition coefficient (Wildman–Crippen LogP) is 1.24. The average molecular weight is 395 g/mol. The number of aryl methyl sites for hydroxylation is 1. The van der Waals surface area contributed by atoms with Crippen molar-refractivity contribution < 1.29 is 13.2 Å². The molecule has 0 saturated heterocycles. The standard InChI is InChI=1S/C18H25N3O5S/c1-5-18(4,10-11-22)19-27(25,26)13-8-9-15-14(12-13)16(23)21(7-3)17(24)20(15)6-2/h8-9,11-12,19H,5-7,10H2,1-4H3. The van der Waals surface area contributed by atoms with Crippen molar-refractivity contribution in [2.24, 2.45) is 0 Å². The molecule has 0 amide bonds. The number of carbonyl (C=O) groups is 1. The molecule has 1 heterocycles. The van der Waals surface area contributed by atoms with Crippen LogP contribution in [0.25, 0.3) is 10.9 Å². The minimum atomic E-state index is -3.95. The van der Waals surface area contributed by atoms with Gasteiger partial charge in [0.15, 0.2) is 0 Å². The van der Waals surface area contributed by atoms with Crippen molar-refractivity contribution in [1.29, 1.82) is 0 Å². The SMILES string of the molecule is CCn1c(=O)c2cc(S(=O)(=O)NC(C)(CC)CC=O)ccc2n(CC)c1=O. The Balaban J connectivity index is 2.70. The molecule has 0 aliphatic carbocycles. The van der Waals surface area contributed by atoms with Gasteiger partial charge in [0.05, 0.1) is 15.8 Å². The topological polar surface area (TPSA) is 107 Å². The summed E-state index contributed by atoms with van der Waals surface area (Å²) in [5.41, 5.74) is -1.47. The maximum Gasteiger partial charge on any atom is 0.331 e. The number of carbonyl (C=O) groups excluding carboxylic acids is 1. The van der Waals surface area contributed by atoms with E-state index in [0.717, 1.165) is 4.57 Å². The third-order valence-electron chi connectivity index (χ3n) is 4.83. The molecule has 1 atom stereocenters. The van der Waals surface area contributed by atoms with E-state index in [-0.39, 0.29) is 23.2 Å². The molecular weight excluding hydrogens is 370 g/mol. The van der Waals surface area contributed by atoms with Gasteiger partial charge in [-0.3, -0.25) is 13.9 Å². The quantitative estimate of drug-likeness (QED) is 0.677. The Bertz CT molecular complexity index is 1080. The summed E-state index contributed by atoms with van der Waals surface area (Å²) >= 11 is 0. The van der Waals surface area contributed by atoms with Crippen LogP contribution in [0, 0.1) is 0 Å². The fourth-order valence-corrected chi connectivity index (χ4v) is 4.49. The predicted molar refractivity (Wildman–Crippen MR) is 104 cm³/mol. The highest BCUT2D eigenvalue weighted by atomic mass is 32.2. The van der Waals surface area contributed by atoms with Crippen molar-refractivity contribution in [3.05, 3.63) is 39.0 Å². The molecule has 1 aromatic heterocycles. The van der Waals surface area contributed by atoms with E-state index in [1.807, 2.05) is 0 Å². The number of sulfonamides is 1. The second-order valence-corrected chi connectivity index (χ2v) is 8.33. The number of hydrogen-bond acceptors (Lipinski definition) is 5. The van der Waals surface area contributed by atoms with Crippen LogP contribution in [-0.2, 0) is 27.9 Å². The second kappa shape index (κ2) is 7.77. The van der Waals surface area contributed by atoms with Crippen LogP contribution >= 0.6 is 0 Å². The zero-order valence-corrected chi connectivity index (χ0v) is 16.8. The summed E-state index contributed by atoms with van der Waals surface area (Å²) in [4.78, 5) is 35.9. The molecule has 0 bridgehead atoms. The normalized spacial score (nSPS) is 14.2. The minimum Gasteiger partial charge on any atom is -0.303 e. The van der Waals surface area contributed by atoms with Crippen LogP contribution in [0.4, 0.5) is 0 Å². The highest BCUT2D eigenvalue weighted by Crippen LogP contribution is 2.21. The Hall–Kier alpha value is -2.26. The van der Waals surface area contributed by atoms with Gasteiger partial charge < -0.3 is 4.79 Å². The van der Waals surface area contributed by atoms with Crippen molar-refractivity contribution in [3.63, 3.8) is 0 Å². The molecule has 27 heavy (non-hydrogen) atoms. The first-order valence-corrected chi connectivity index (χ1v) is 10.4. The molecule has 0 aliphatic heterocycles. The van der Waals surface area contributed by atoms with Gasteiger partial charge in [0, 0.05) is 25.0 Å². The molecule has 9 heteroatoms. The Morgan fingerprint density at radius 3 is 2.26 bits per heavy atom. The summed E-state index contributed by atoms with van der Waals surface area (Å²) in [6.07, 6.45) is 1.14. The third kappa shape index (κ3) is 3.89. The number of aldehydes is 1. The van der Waals surface area contributed by atoms with E-state index in [1.165, 1.54) is 22.8 Å². The molecule has 2 aromatic rings. The van der Waals surface area contributed by atoms with Gasteiger partial charge in [-0.1, -0.05) is 6.92 Å². The number of fused-ring (bicyclic) bond motifs is 1. The smallest absolute Gasteiger partial charge is 0.303 e. The Morgan fingerprint density at radius 1 is 1.11 bits per heavy atom. The third-order valence-corrected chi connectivity index (χ3v) is 6.47. The van der Waals surface area contributed by atoms with Gasteiger partial charge in [0.1, 0.15) is 6.29 Å². The van der Waals surface area contributed by atoms with Crippen LogP contribution < -0.4 is 16.0 Å². The van der Waals surface area contributed by atoms with Gasteiger partial charge in [-0.05, 0) is 45.4 Å². The maximum atomic E-state index is 12.8. The number of nitrogens with zero attached hydrogens (tertiary/aromatic N) is 2. The molecule has 1 aromatic carbocycles. The molecule has 1 N–H and O–H groups in total. The second-order valence-electron chi connectivity index (χ2n) is 6.65. The number of nitrogens with one attached hydrogen (secondary N) is 1. The highest BCUT2D eigenvalue weighted by Gasteiger charge is 2.29. The summed E-state index contributed by atoms with van der Waals surface area (Å²) in [6.45, 7) is 7.45. The Morgan fingerprint density at radius 2 is 1.74 bits per heavy atom. The largest absolute Gasteiger partial charge is 0.331 e. The van der Waals surface area contributed by atoms with Gasteiger partial charge in [-0.25, -0.2) is 17.9 Å². The molecule has 0 fully saturated rings. The Kier molecular flexibility index (Phi) is 6.06. The van der Waals surface area contributed by atoms with E-state index >= 15 is 0 Å². The minimum absolute atomic E-state index is 0.0360. The zero-order chi connectivity index (χ0) is 20.4. The van der Waals surface area contributed by atoms with E-state index in [1.54, 1.807) is 27.7 Å². The fourth-order valence-electron chi connectivity index (χ4n) is 2.98. The van der Waals surface area contributed by atoms with Gasteiger partial charge in [-0.2, -0.15) is 0 Å². The van der Waals surface area contributed by atoms with Crippen molar-refractivity contribution >= 4 is 27.2 Å². The fraction of sp³-hybridized carbons (Fsp3) is 0.500. The van der Waals surface area contributed by atoms with E-state index in [4.69, 9.17) is 0 Å². The van der Waals surface area contributed by atoms with Crippen LogP contribution in [-0.4, -0.2) is 29.4 Å². The highest BCUT2D eigenvalue weighted by molar-refractivity contribution is 7.89. The van der Waals surface area contributed by atoms with Crippen LogP contribution in [0.3, 0.4) is 0 Å². The van der Waals surface area contributed by atoms with Crippen LogP contribution in [0.5, 0.6) is 0 Å². The molecule has 0 saturated carbocycles. The maximum absolute atomic E-state index is 12.8. The van der Waals surface area contributed by atoms with E-state index in [0.29, 0.717) is 24.8 Å². The summed E-state index contributed by atoms with van der Waals surface area (Å²) < 4.78 is 30.7.